The van der Waals surface area contributed by atoms with Gasteiger partial charge in [0, 0.05) is 48.9 Å². The first-order valence-electron chi connectivity index (χ1n) is 17.1. The first-order valence-corrected chi connectivity index (χ1v) is 18.6. The molecule has 0 aliphatic carbocycles. The van der Waals surface area contributed by atoms with Crippen LogP contribution in [-0.2, 0) is 50.8 Å². The van der Waals surface area contributed by atoms with E-state index in [2.05, 4.69) is 15.6 Å². The number of amides is 2. The predicted octanol–water partition coefficient (Wildman–Crippen LogP) is 2.90. The smallest absolute Gasteiger partial charge is 0.336 e. The van der Waals surface area contributed by atoms with E-state index in [4.69, 9.17) is 9.47 Å². The topological polar surface area (TPSA) is 197 Å². The maximum absolute atomic E-state index is 15.3. The molecule has 3 heterocycles. The fraction of sp³-hybridized carbons (Fsp3) is 0.351. The summed E-state index contributed by atoms with van der Waals surface area (Å²) in [6.07, 6.45) is 0.836. The Morgan fingerprint density at radius 3 is 2.31 bits per heavy atom. The highest BCUT2D eigenvalue weighted by Crippen LogP contribution is 2.24. The molecule has 2 amide bonds. The summed E-state index contributed by atoms with van der Waals surface area (Å²) in [5, 5.41) is 5.08. The number of carbonyl (C=O) groups excluding carboxylic acids is 3. The summed E-state index contributed by atoms with van der Waals surface area (Å²) >= 11 is 0. The third-order valence-corrected chi connectivity index (χ3v) is 9.68. The summed E-state index contributed by atoms with van der Waals surface area (Å²) in [4.78, 5) is 68.9. The summed E-state index contributed by atoms with van der Waals surface area (Å²) in [5.41, 5.74) is -1.93. The van der Waals surface area contributed by atoms with Crippen molar-refractivity contribution in [2.45, 2.75) is 76.6 Å². The molecule has 15 nitrogen and oxygen atoms in total. The van der Waals surface area contributed by atoms with Gasteiger partial charge in [0.15, 0.2) is 0 Å². The zero-order valence-corrected chi connectivity index (χ0v) is 31.7. The van der Waals surface area contributed by atoms with Crippen LogP contribution in [0.2, 0.25) is 0 Å². The van der Waals surface area contributed by atoms with Gasteiger partial charge in [0.1, 0.15) is 23.5 Å². The minimum absolute atomic E-state index is 0.00170. The number of halogens is 2. The second-order valence-corrected chi connectivity index (χ2v) is 15.8. The van der Waals surface area contributed by atoms with Crippen LogP contribution in [0.25, 0.3) is 5.82 Å². The quantitative estimate of drug-likeness (QED) is 0.190. The third-order valence-electron chi connectivity index (χ3n) is 8.30. The van der Waals surface area contributed by atoms with Gasteiger partial charge in [-0.25, -0.2) is 36.3 Å². The Labute approximate surface area is 314 Å². The number of hydrogen-bond acceptors (Lipinski definition) is 10. The molecule has 1 atom stereocenters. The predicted molar refractivity (Wildman–Crippen MR) is 195 cm³/mol. The molecule has 4 aromatic rings. The molecule has 0 spiro atoms. The third kappa shape index (κ3) is 9.32. The van der Waals surface area contributed by atoms with Crippen LogP contribution in [0.1, 0.15) is 72.2 Å². The number of anilines is 1. The number of esters is 1. The normalized spacial score (nSPS) is 13.5. The van der Waals surface area contributed by atoms with Crippen molar-refractivity contribution in [1.29, 1.82) is 0 Å². The Morgan fingerprint density at radius 1 is 1.00 bits per heavy atom. The first-order chi connectivity index (χ1) is 25.8. The molecular weight excluding hydrogens is 743 g/mol. The highest BCUT2D eigenvalue weighted by Gasteiger charge is 2.28. The molecular formula is C37H40F2N6O9S. The number of benzene rings is 2. The molecule has 5 rings (SSSR count). The molecule has 0 unspecified atom stereocenters. The van der Waals surface area contributed by atoms with Crippen molar-refractivity contribution in [3.63, 3.8) is 0 Å². The van der Waals surface area contributed by atoms with E-state index in [9.17, 15) is 32.4 Å². The molecule has 1 aliphatic heterocycles. The largest absolute Gasteiger partial charge is 0.461 e. The van der Waals surface area contributed by atoms with Gasteiger partial charge >= 0.3 is 11.7 Å². The lowest BCUT2D eigenvalue weighted by Gasteiger charge is -2.21. The van der Waals surface area contributed by atoms with Crippen molar-refractivity contribution in [2.75, 3.05) is 11.3 Å². The Kier molecular flexibility index (Phi) is 11.7. The van der Waals surface area contributed by atoms with E-state index in [-0.39, 0.29) is 29.3 Å². The number of nitrogens with zero attached hydrogens (tertiary/aromatic N) is 3. The highest BCUT2D eigenvalue weighted by atomic mass is 32.2. The van der Waals surface area contributed by atoms with Gasteiger partial charge in [-0.15, -0.1) is 0 Å². The molecule has 3 N–H and O–H groups in total. The minimum atomic E-state index is -4.47. The maximum Gasteiger partial charge on any atom is 0.336 e. The van der Waals surface area contributed by atoms with E-state index in [0.717, 1.165) is 16.7 Å². The monoisotopic (exact) mass is 782 g/mol. The SMILES string of the molecule is CC(C)OC(=O)[C@H](Cc1ccc(-n2c(=O)c3c(n(C)c2=O)CCOC3)nc1)NC(=O)c1cc(F)c(NS(=O)(=O)c2ccc(C(=O)NC(C)(C)C)cc2)cc1F. The van der Waals surface area contributed by atoms with Crippen molar-refractivity contribution in [2.24, 2.45) is 7.05 Å². The number of aromatic nitrogens is 3. The van der Waals surface area contributed by atoms with Crippen LogP contribution in [0.5, 0.6) is 0 Å². The average Bonchev–Trinajstić information content (AvgIpc) is 3.11. The molecule has 1 aliphatic rings. The van der Waals surface area contributed by atoms with Crippen molar-refractivity contribution in [3.8, 4) is 5.82 Å². The Bertz CT molecular complexity index is 2370. The van der Waals surface area contributed by atoms with Crippen LogP contribution in [0.4, 0.5) is 14.5 Å². The number of rotatable bonds is 11. The summed E-state index contributed by atoms with van der Waals surface area (Å²) in [7, 11) is -2.93. The fourth-order valence-electron chi connectivity index (χ4n) is 5.67. The zero-order chi connectivity index (χ0) is 40.4. The Morgan fingerprint density at radius 2 is 1.69 bits per heavy atom. The molecule has 0 bridgehead atoms. The van der Waals surface area contributed by atoms with E-state index in [0.29, 0.717) is 42.0 Å². The molecule has 0 fully saturated rings. The number of fused-ring (bicyclic) bond motifs is 1. The minimum Gasteiger partial charge on any atom is -0.461 e. The summed E-state index contributed by atoms with van der Waals surface area (Å²) in [6, 6.07) is 7.16. The van der Waals surface area contributed by atoms with Crippen molar-refractivity contribution >= 4 is 33.5 Å². The Hall–Kier alpha value is -5.75. The lowest BCUT2D eigenvalue weighted by molar-refractivity contribution is -0.149. The van der Waals surface area contributed by atoms with Crippen molar-refractivity contribution in [1.82, 2.24) is 24.8 Å². The molecule has 2 aromatic heterocycles. The summed E-state index contributed by atoms with van der Waals surface area (Å²) < 4.78 is 71.5. The molecule has 55 heavy (non-hydrogen) atoms. The van der Waals surface area contributed by atoms with E-state index in [1.54, 1.807) is 41.7 Å². The van der Waals surface area contributed by atoms with Crippen molar-refractivity contribution < 1.29 is 41.1 Å². The Balaban J connectivity index is 1.34. The van der Waals surface area contributed by atoms with Crippen LogP contribution < -0.4 is 26.6 Å². The lowest BCUT2D eigenvalue weighted by Crippen LogP contribution is -2.44. The number of ether oxygens (including phenoxy) is 2. The van der Waals surface area contributed by atoms with E-state index in [1.807, 2.05) is 4.72 Å². The number of pyridine rings is 1. The van der Waals surface area contributed by atoms with Gasteiger partial charge in [-0.05, 0) is 76.6 Å². The number of hydrogen-bond donors (Lipinski definition) is 3. The van der Waals surface area contributed by atoms with E-state index < -0.39 is 79.6 Å². The van der Waals surface area contributed by atoms with Gasteiger partial charge in [0.2, 0.25) is 0 Å². The molecule has 18 heteroatoms. The van der Waals surface area contributed by atoms with Gasteiger partial charge in [-0.1, -0.05) is 6.07 Å². The molecule has 292 valence electrons. The van der Waals surface area contributed by atoms with Gasteiger partial charge in [0.25, 0.3) is 27.4 Å². The van der Waals surface area contributed by atoms with E-state index in [1.165, 1.54) is 35.0 Å². The molecule has 2 aromatic carbocycles. The number of nitrogens with one attached hydrogen (secondary N) is 3. The molecule has 0 saturated carbocycles. The standard InChI is InChI=1S/C37H40F2N6O9S/c1-20(2)54-35(49)29(15-21-7-12-31(40-18-21)45-34(48)25-19-53-14-13-30(25)44(6)36(45)50)41-33(47)24-16-27(39)28(17-26(24)38)43-55(51,52)23-10-8-22(9-11-23)32(46)42-37(3,4)5/h7-12,16-18,20,29,43H,13-15,19H2,1-6H3,(H,41,47)(H,42,46)/t29-/m0/s1. The summed E-state index contributed by atoms with van der Waals surface area (Å²) in [6.45, 7) is 8.89. The molecule has 0 saturated heterocycles. The van der Waals surface area contributed by atoms with Gasteiger partial charge in [-0.3, -0.25) is 23.7 Å². The first kappa shape index (κ1) is 40.4. The van der Waals surface area contributed by atoms with Gasteiger partial charge in [-0.2, -0.15) is 0 Å². The second kappa shape index (κ2) is 15.9. The van der Waals surface area contributed by atoms with Crippen molar-refractivity contribution in [3.05, 3.63) is 115 Å². The fourth-order valence-corrected chi connectivity index (χ4v) is 6.73. The van der Waals surface area contributed by atoms with Gasteiger partial charge in [0.05, 0.1) is 41.0 Å². The van der Waals surface area contributed by atoms with Crippen LogP contribution in [0, 0.1) is 11.6 Å². The van der Waals surface area contributed by atoms with Crippen LogP contribution in [0.3, 0.4) is 0 Å². The van der Waals surface area contributed by atoms with E-state index >= 15 is 8.78 Å². The lowest BCUT2D eigenvalue weighted by atomic mass is 10.1. The van der Waals surface area contributed by atoms with Gasteiger partial charge < -0.3 is 20.1 Å². The zero-order valence-electron chi connectivity index (χ0n) is 30.9. The number of sulfonamides is 1. The summed E-state index contributed by atoms with van der Waals surface area (Å²) in [5.74, 6) is -5.16. The highest BCUT2D eigenvalue weighted by molar-refractivity contribution is 7.92. The number of carbonyl (C=O) groups is 3. The van der Waals surface area contributed by atoms with Crippen LogP contribution in [-0.4, -0.2) is 64.6 Å². The average molecular weight is 783 g/mol. The van der Waals surface area contributed by atoms with Crippen LogP contribution in [0.15, 0.2) is 69.2 Å². The second-order valence-electron chi connectivity index (χ2n) is 14.1. The van der Waals surface area contributed by atoms with Crippen LogP contribution >= 0.6 is 0 Å². The molecule has 0 radical (unpaired) electrons. The maximum atomic E-state index is 15.3.